The van der Waals surface area contributed by atoms with E-state index in [2.05, 4.69) is 15.4 Å². The van der Waals surface area contributed by atoms with Gasteiger partial charge >= 0.3 is 0 Å². The van der Waals surface area contributed by atoms with Crippen LogP contribution in [-0.2, 0) is 9.84 Å². The zero-order chi connectivity index (χ0) is 23.2. The Labute approximate surface area is 197 Å². The molecule has 5 rings (SSSR count). The molecule has 2 aromatic carbocycles. The lowest BCUT2D eigenvalue weighted by Gasteiger charge is -2.05. The summed E-state index contributed by atoms with van der Waals surface area (Å²) in [5.74, 6) is 0.0858. The molecule has 33 heavy (non-hydrogen) atoms. The second kappa shape index (κ2) is 8.14. The fourth-order valence-electron chi connectivity index (χ4n) is 3.22. The van der Waals surface area contributed by atoms with Crippen LogP contribution in [0.25, 0.3) is 27.4 Å². The number of carbonyl (C=O) groups excluding carboxylic acids is 1. The second-order valence-corrected chi connectivity index (χ2v) is 10.6. The third-order valence-corrected chi connectivity index (χ3v) is 7.09. The number of sulfone groups is 1. The number of anilines is 1. The van der Waals surface area contributed by atoms with Crippen LogP contribution in [0.4, 0.5) is 5.13 Å². The minimum Gasteiger partial charge on any atom is -0.463 e. The fraction of sp³-hybridized carbons (Fsp3) is 0.0455. The molecule has 11 heteroatoms. The van der Waals surface area contributed by atoms with Crippen molar-refractivity contribution < 1.29 is 17.6 Å². The molecular weight excluding hydrogens is 484 g/mol. The average molecular weight is 499 g/mol. The van der Waals surface area contributed by atoms with Crippen molar-refractivity contribution in [3.63, 3.8) is 0 Å². The minimum atomic E-state index is -3.34. The van der Waals surface area contributed by atoms with Crippen molar-refractivity contribution >= 4 is 54.0 Å². The van der Waals surface area contributed by atoms with Crippen molar-refractivity contribution in [1.82, 2.24) is 14.8 Å². The van der Waals surface area contributed by atoms with E-state index < -0.39 is 15.7 Å². The molecule has 3 aromatic heterocycles. The van der Waals surface area contributed by atoms with Crippen LogP contribution in [0, 0.1) is 0 Å². The standard InChI is InChI=1S/C22H15ClN4O4S2/c1-33(29,30)15-8-9-16-20(11-15)32-22(24-16)25-21(28)17-12-18(19-3-2-10-31-19)27(26-17)14-6-4-13(23)5-7-14/h2-12H,1H3,(H,24,25,28). The highest BCUT2D eigenvalue weighted by Gasteiger charge is 2.20. The van der Waals surface area contributed by atoms with Gasteiger partial charge in [-0.25, -0.2) is 18.1 Å². The number of aromatic nitrogens is 3. The monoisotopic (exact) mass is 498 g/mol. The van der Waals surface area contributed by atoms with Crippen LogP contribution in [0.2, 0.25) is 5.02 Å². The maximum atomic E-state index is 13.0. The Balaban J connectivity index is 1.49. The van der Waals surface area contributed by atoms with E-state index in [9.17, 15) is 13.2 Å². The van der Waals surface area contributed by atoms with E-state index in [1.54, 1.807) is 65.5 Å². The molecule has 0 fully saturated rings. The van der Waals surface area contributed by atoms with Crippen molar-refractivity contribution in [2.45, 2.75) is 4.90 Å². The first kappa shape index (κ1) is 21.4. The van der Waals surface area contributed by atoms with Crippen molar-refractivity contribution in [3.8, 4) is 17.1 Å². The van der Waals surface area contributed by atoms with E-state index in [4.69, 9.17) is 16.0 Å². The molecule has 0 saturated heterocycles. The predicted octanol–water partition coefficient (Wildman–Crippen LogP) is 5.05. The topological polar surface area (TPSA) is 107 Å². The average Bonchev–Trinajstić information content (AvgIpc) is 3.51. The number of carbonyl (C=O) groups is 1. The van der Waals surface area contributed by atoms with Gasteiger partial charge in [0.2, 0.25) is 0 Å². The zero-order valence-corrected chi connectivity index (χ0v) is 19.4. The highest BCUT2D eigenvalue weighted by molar-refractivity contribution is 7.90. The van der Waals surface area contributed by atoms with Crippen molar-refractivity contribution in [2.75, 3.05) is 11.6 Å². The molecule has 3 heterocycles. The fourth-order valence-corrected chi connectivity index (χ4v) is 4.97. The number of amides is 1. The van der Waals surface area contributed by atoms with Crippen LogP contribution >= 0.6 is 22.9 Å². The quantitative estimate of drug-likeness (QED) is 0.363. The highest BCUT2D eigenvalue weighted by atomic mass is 35.5. The zero-order valence-electron chi connectivity index (χ0n) is 17.0. The number of hydrogen-bond acceptors (Lipinski definition) is 7. The summed E-state index contributed by atoms with van der Waals surface area (Å²) in [6.07, 6.45) is 2.69. The molecule has 0 saturated carbocycles. The van der Waals surface area contributed by atoms with Gasteiger partial charge in [0.1, 0.15) is 5.69 Å². The summed E-state index contributed by atoms with van der Waals surface area (Å²) in [5, 5.41) is 8.12. The number of benzene rings is 2. The number of furan rings is 1. The van der Waals surface area contributed by atoms with Gasteiger partial charge in [0.25, 0.3) is 5.91 Å². The maximum Gasteiger partial charge on any atom is 0.277 e. The molecule has 0 atom stereocenters. The first-order chi connectivity index (χ1) is 15.8. The predicted molar refractivity (Wildman–Crippen MR) is 127 cm³/mol. The smallest absolute Gasteiger partial charge is 0.277 e. The molecule has 1 N–H and O–H groups in total. The lowest BCUT2D eigenvalue weighted by Crippen LogP contribution is -2.13. The molecule has 8 nitrogen and oxygen atoms in total. The number of fused-ring (bicyclic) bond motifs is 1. The molecule has 0 bridgehead atoms. The van der Waals surface area contributed by atoms with Crippen molar-refractivity contribution in [1.29, 1.82) is 0 Å². The van der Waals surface area contributed by atoms with Gasteiger partial charge < -0.3 is 4.42 Å². The number of nitrogens with one attached hydrogen (secondary N) is 1. The van der Waals surface area contributed by atoms with Gasteiger partial charge in [0.15, 0.2) is 26.4 Å². The summed E-state index contributed by atoms with van der Waals surface area (Å²) in [6.45, 7) is 0. The normalized spacial score (nSPS) is 11.7. The summed E-state index contributed by atoms with van der Waals surface area (Å²) in [4.78, 5) is 17.5. The Morgan fingerprint density at radius 1 is 1.12 bits per heavy atom. The molecular formula is C22H15ClN4O4S2. The Morgan fingerprint density at radius 2 is 1.91 bits per heavy atom. The van der Waals surface area contributed by atoms with Gasteiger partial charge in [-0.15, -0.1) is 0 Å². The van der Waals surface area contributed by atoms with E-state index in [-0.39, 0.29) is 10.6 Å². The number of halogens is 1. The van der Waals surface area contributed by atoms with E-state index in [1.165, 1.54) is 17.4 Å². The molecule has 1 amide bonds. The summed E-state index contributed by atoms with van der Waals surface area (Å²) < 4.78 is 31.4. The Hall–Kier alpha value is -3.47. The van der Waals surface area contributed by atoms with Crippen LogP contribution in [0.3, 0.4) is 0 Å². The lowest BCUT2D eigenvalue weighted by molar-refractivity contribution is 0.102. The third-order valence-electron chi connectivity index (χ3n) is 4.80. The molecule has 0 aliphatic carbocycles. The number of thiazole rings is 1. The summed E-state index contributed by atoms with van der Waals surface area (Å²) >= 11 is 7.18. The minimum absolute atomic E-state index is 0.160. The summed E-state index contributed by atoms with van der Waals surface area (Å²) in [6, 6.07) is 16.8. The molecule has 166 valence electrons. The van der Waals surface area contributed by atoms with Crippen LogP contribution in [0.5, 0.6) is 0 Å². The Morgan fingerprint density at radius 3 is 2.61 bits per heavy atom. The van der Waals surface area contributed by atoms with Gasteiger partial charge in [-0.2, -0.15) is 5.10 Å². The van der Waals surface area contributed by atoms with Crippen LogP contribution in [0.1, 0.15) is 10.5 Å². The largest absolute Gasteiger partial charge is 0.463 e. The molecule has 0 spiro atoms. The Kier molecular flexibility index (Phi) is 5.28. The number of rotatable bonds is 5. The van der Waals surface area contributed by atoms with Crippen LogP contribution < -0.4 is 5.32 Å². The molecule has 0 radical (unpaired) electrons. The van der Waals surface area contributed by atoms with E-state index in [0.717, 1.165) is 6.26 Å². The highest BCUT2D eigenvalue weighted by Crippen LogP contribution is 2.29. The third kappa shape index (κ3) is 4.28. The van der Waals surface area contributed by atoms with Gasteiger partial charge in [-0.1, -0.05) is 22.9 Å². The molecule has 5 aromatic rings. The Bertz CT molecular complexity index is 1590. The number of nitrogens with zero attached hydrogens (tertiary/aromatic N) is 3. The van der Waals surface area contributed by atoms with Gasteiger partial charge in [-0.05, 0) is 54.6 Å². The van der Waals surface area contributed by atoms with Crippen LogP contribution in [0.15, 0.2) is 76.2 Å². The summed E-state index contributed by atoms with van der Waals surface area (Å²) in [5.41, 5.74) is 2.05. The first-order valence-electron chi connectivity index (χ1n) is 9.60. The molecule has 0 aliphatic rings. The van der Waals surface area contributed by atoms with E-state index in [0.29, 0.717) is 37.5 Å². The molecule has 0 unspecified atom stereocenters. The SMILES string of the molecule is CS(=O)(=O)c1ccc2nc(NC(=O)c3cc(-c4ccco4)n(-c4ccc(Cl)cc4)n3)sc2c1. The van der Waals surface area contributed by atoms with E-state index in [1.807, 2.05) is 0 Å². The van der Waals surface area contributed by atoms with Gasteiger partial charge in [-0.3, -0.25) is 10.1 Å². The van der Waals surface area contributed by atoms with Crippen LogP contribution in [-0.4, -0.2) is 35.3 Å². The number of hydrogen-bond donors (Lipinski definition) is 1. The van der Waals surface area contributed by atoms with Crippen molar-refractivity contribution in [2.24, 2.45) is 0 Å². The first-order valence-corrected chi connectivity index (χ1v) is 12.7. The van der Waals surface area contributed by atoms with E-state index >= 15 is 0 Å². The maximum absolute atomic E-state index is 13.0. The second-order valence-electron chi connectivity index (χ2n) is 7.16. The lowest BCUT2D eigenvalue weighted by atomic mass is 10.2. The van der Waals surface area contributed by atoms with Crippen molar-refractivity contribution in [3.05, 3.63) is 77.6 Å². The van der Waals surface area contributed by atoms with Gasteiger partial charge in [0.05, 0.1) is 27.1 Å². The van der Waals surface area contributed by atoms with Gasteiger partial charge in [0, 0.05) is 17.3 Å². The molecule has 0 aliphatic heterocycles. The summed E-state index contributed by atoms with van der Waals surface area (Å²) in [7, 11) is -3.34.